The summed E-state index contributed by atoms with van der Waals surface area (Å²) in [6.45, 7) is 5.02. The van der Waals surface area contributed by atoms with E-state index in [4.69, 9.17) is 4.74 Å². The van der Waals surface area contributed by atoms with Crippen LogP contribution in [0.25, 0.3) is 0 Å². The normalized spacial score (nSPS) is 16.4. The molecule has 7 nitrogen and oxygen atoms in total. The number of methoxy groups -OCH3 is 1. The average molecular weight is 329 g/mol. The van der Waals surface area contributed by atoms with E-state index in [0.29, 0.717) is 13.1 Å². The van der Waals surface area contributed by atoms with E-state index in [1.807, 2.05) is 36.7 Å². The molecule has 1 aliphatic heterocycles. The lowest BCUT2D eigenvalue weighted by Crippen LogP contribution is -2.45. The molecule has 2 heterocycles. The van der Waals surface area contributed by atoms with Crippen LogP contribution >= 0.6 is 0 Å². The molecule has 0 fully saturated rings. The second kappa shape index (κ2) is 6.90. The minimum absolute atomic E-state index is 0.0747. The van der Waals surface area contributed by atoms with Crippen molar-refractivity contribution in [3.8, 4) is 5.75 Å². The Bertz CT molecular complexity index is 741. The van der Waals surface area contributed by atoms with Gasteiger partial charge in [-0.3, -0.25) is 0 Å². The lowest BCUT2D eigenvalue weighted by Gasteiger charge is -2.23. The van der Waals surface area contributed by atoms with Crippen LogP contribution in [0.4, 0.5) is 4.79 Å². The fourth-order valence-corrected chi connectivity index (χ4v) is 3.01. The Morgan fingerprint density at radius 1 is 1.38 bits per heavy atom. The number of aromatic nitrogens is 3. The van der Waals surface area contributed by atoms with Gasteiger partial charge in [0, 0.05) is 13.0 Å². The first-order chi connectivity index (χ1) is 11.5. The van der Waals surface area contributed by atoms with Crippen LogP contribution in [0.1, 0.15) is 29.2 Å². The summed E-state index contributed by atoms with van der Waals surface area (Å²) in [6, 6.07) is 5.83. The molecule has 128 valence electrons. The highest BCUT2D eigenvalue weighted by Gasteiger charge is 2.22. The second-order valence-corrected chi connectivity index (χ2v) is 6.18. The summed E-state index contributed by atoms with van der Waals surface area (Å²) in [4.78, 5) is 16.5. The van der Waals surface area contributed by atoms with Crippen LogP contribution in [0.15, 0.2) is 18.2 Å². The molecule has 1 aliphatic rings. The van der Waals surface area contributed by atoms with E-state index < -0.39 is 0 Å². The first kappa shape index (κ1) is 16.3. The molecule has 2 N–H and O–H groups in total. The van der Waals surface area contributed by atoms with Crippen molar-refractivity contribution in [2.24, 2.45) is 0 Å². The van der Waals surface area contributed by atoms with Crippen LogP contribution in [0.2, 0.25) is 0 Å². The lowest BCUT2D eigenvalue weighted by molar-refractivity contribution is 0.231. The minimum atomic E-state index is -0.166. The first-order valence-electron chi connectivity index (χ1n) is 8.13. The van der Waals surface area contributed by atoms with Gasteiger partial charge in [0.25, 0.3) is 0 Å². The summed E-state index contributed by atoms with van der Waals surface area (Å²) in [7, 11) is 1.64. The standard InChI is InChI=1S/C17H23N5O2/c1-11-6-13(8-15(7-11)24-3)9-18-17(23)20-14-4-5-16-19-12(2)21-22(16)10-14/h6-8,14H,4-5,9-10H2,1-3H3,(H2,18,20,23). The van der Waals surface area contributed by atoms with Gasteiger partial charge in [0.1, 0.15) is 17.4 Å². The number of carbonyl (C=O) groups excluding carboxylic acids is 1. The molecule has 2 amide bonds. The van der Waals surface area contributed by atoms with Gasteiger partial charge in [0.15, 0.2) is 0 Å². The quantitative estimate of drug-likeness (QED) is 0.895. The number of fused-ring (bicyclic) bond motifs is 1. The highest BCUT2D eigenvalue weighted by molar-refractivity contribution is 5.74. The van der Waals surface area contributed by atoms with Crippen LogP contribution < -0.4 is 15.4 Å². The number of ether oxygens (including phenoxy) is 1. The average Bonchev–Trinajstić information content (AvgIpc) is 2.91. The zero-order chi connectivity index (χ0) is 17.1. The summed E-state index contributed by atoms with van der Waals surface area (Å²) in [6.07, 6.45) is 1.71. The molecule has 24 heavy (non-hydrogen) atoms. The Balaban J connectivity index is 1.52. The predicted molar refractivity (Wildman–Crippen MR) is 90.0 cm³/mol. The molecule has 0 spiro atoms. The van der Waals surface area contributed by atoms with Crippen molar-refractivity contribution in [3.05, 3.63) is 41.0 Å². The molecule has 1 atom stereocenters. The molecular weight excluding hydrogens is 306 g/mol. The maximum atomic E-state index is 12.1. The van der Waals surface area contributed by atoms with Crippen LogP contribution in [-0.4, -0.2) is 33.9 Å². The highest BCUT2D eigenvalue weighted by Crippen LogP contribution is 2.16. The van der Waals surface area contributed by atoms with Crippen molar-refractivity contribution < 1.29 is 9.53 Å². The number of nitrogens with one attached hydrogen (secondary N) is 2. The number of nitrogens with zero attached hydrogens (tertiary/aromatic N) is 3. The number of hydrogen-bond acceptors (Lipinski definition) is 4. The minimum Gasteiger partial charge on any atom is -0.497 e. The fourth-order valence-electron chi connectivity index (χ4n) is 3.01. The number of carbonyl (C=O) groups is 1. The van der Waals surface area contributed by atoms with E-state index in [2.05, 4.69) is 20.7 Å². The number of benzene rings is 1. The van der Waals surface area contributed by atoms with Gasteiger partial charge in [0.05, 0.1) is 19.7 Å². The summed E-state index contributed by atoms with van der Waals surface area (Å²) in [5.41, 5.74) is 2.12. The Labute approximate surface area is 141 Å². The molecule has 0 aliphatic carbocycles. The molecule has 3 rings (SSSR count). The third kappa shape index (κ3) is 3.84. The van der Waals surface area contributed by atoms with Crippen molar-refractivity contribution in [3.63, 3.8) is 0 Å². The number of amides is 2. The maximum absolute atomic E-state index is 12.1. The SMILES string of the molecule is COc1cc(C)cc(CNC(=O)NC2CCc3nc(C)nn3C2)c1. The molecule has 0 radical (unpaired) electrons. The lowest BCUT2D eigenvalue weighted by atomic mass is 10.1. The summed E-state index contributed by atoms with van der Waals surface area (Å²) < 4.78 is 7.14. The van der Waals surface area contributed by atoms with Crippen LogP contribution in [0.3, 0.4) is 0 Å². The van der Waals surface area contributed by atoms with Gasteiger partial charge in [-0.15, -0.1) is 0 Å². The highest BCUT2D eigenvalue weighted by atomic mass is 16.5. The van der Waals surface area contributed by atoms with E-state index in [1.54, 1.807) is 7.11 Å². The van der Waals surface area contributed by atoms with Gasteiger partial charge in [-0.05, 0) is 43.5 Å². The summed E-state index contributed by atoms with van der Waals surface area (Å²) >= 11 is 0. The Morgan fingerprint density at radius 3 is 3.00 bits per heavy atom. The number of urea groups is 1. The zero-order valence-electron chi connectivity index (χ0n) is 14.3. The van der Waals surface area contributed by atoms with Crippen molar-refractivity contribution >= 4 is 6.03 Å². The third-order valence-electron chi connectivity index (χ3n) is 4.10. The molecule has 1 aromatic carbocycles. The number of hydrogen-bond donors (Lipinski definition) is 2. The van der Waals surface area contributed by atoms with Crippen LogP contribution in [0.5, 0.6) is 5.75 Å². The Morgan fingerprint density at radius 2 is 2.21 bits per heavy atom. The number of rotatable bonds is 4. The first-order valence-corrected chi connectivity index (χ1v) is 8.13. The Hall–Kier alpha value is -2.57. The molecule has 1 aromatic heterocycles. The van der Waals surface area contributed by atoms with E-state index >= 15 is 0 Å². The van der Waals surface area contributed by atoms with Crippen molar-refractivity contribution in [2.75, 3.05) is 7.11 Å². The van der Waals surface area contributed by atoms with Crippen molar-refractivity contribution in [1.82, 2.24) is 25.4 Å². The predicted octanol–water partition coefficient (Wildman–Crippen LogP) is 1.72. The smallest absolute Gasteiger partial charge is 0.315 e. The molecule has 0 saturated carbocycles. The monoisotopic (exact) mass is 329 g/mol. The van der Waals surface area contributed by atoms with Gasteiger partial charge in [0.2, 0.25) is 0 Å². The molecule has 1 unspecified atom stereocenters. The largest absolute Gasteiger partial charge is 0.497 e. The van der Waals surface area contributed by atoms with Crippen LogP contribution in [-0.2, 0) is 19.5 Å². The fraction of sp³-hybridized carbons (Fsp3) is 0.471. The summed E-state index contributed by atoms with van der Waals surface area (Å²) in [5.74, 6) is 2.58. The summed E-state index contributed by atoms with van der Waals surface area (Å²) in [5, 5.41) is 10.3. The second-order valence-electron chi connectivity index (χ2n) is 6.18. The van der Waals surface area contributed by atoms with E-state index in [9.17, 15) is 4.79 Å². The van der Waals surface area contributed by atoms with Gasteiger partial charge < -0.3 is 15.4 Å². The van der Waals surface area contributed by atoms with E-state index in [0.717, 1.165) is 41.4 Å². The number of aryl methyl sites for hydroxylation is 3. The van der Waals surface area contributed by atoms with Gasteiger partial charge in [-0.1, -0.05) is 6.07 Å². The van der Waals surface area contributed by atoms with Gasteiger partial charge in [-0.2, -0.15) is 5.10 Å². The molecule has 7 heteroatoms. The van der Waals surface area contributed by atoms with E-state index in [-0.39, 0.29) is 12.1 Å². The third-order valence-corrected chi connectivity index (χ3v) is 4.10. The molecule has 0 saturated heterocycles. The zero-order valence-corrected chi connectivity index (χ0v) is 14.3. The van der Waals surface area contributed by atoms with Gasteiger partial charge in [-0.25, -0.2) is 14.5 Å². The molecule has 0 bridgehead atoms. The van der Waals surface area contributed by atoms with E-state index in [1.165, 1.54) is 0 Å². The van der Waals surface area contributed by atoms with Gasteiger partial charge >= 0.3 is 6.03 Å². The van der Waals surface area contributed by atoms with Crippen molar-refractivity contribution in [2.45, 2.75) is 45.8 Å². The topological polar surface area (TPSA) is 81.1 Å². The Kier molecular flexibility index (Phi) is 4.69. The maximum Gasteiger partial charge on any atom is 0.315 e. The van der Waals surface area contributed by atoms with Crippen LogP contribution in [0, 0.1) is 13.8 Å². The molecule has 2 aromatic rings. The van der Waals surface area contributed by atoms with Crippen molar-refractivity contribution in [1.29, 1.82) is 0 Å². The molecular formula is C17H23N5O2.